The maximum Gasteiger partial charge on any atom is 0.418 e. The van der Waals surface area contributed by atoms with Gasteiger partial charge in [0, 0.05) is 30.7 Å². The molecule has 35 heavy (non-hydrogen) atoms. The summed E-state index contributed by atoms with van der Waals surface area (Å²) in [4.78, 5) is 23.7. The third kappa shape index (κ3) is 4.32. The molecule has 10 heteroatoms. The van der Waals surface area contributed by atoms with E-state index in [0.29, 0.717) is 16.8 Å². The summed E-state index contributed by atoms with van der Waals surface area (Å²) in [6.45, 7) is 1.73. The van der Waals surface area contributed by atoms with Crippen molar-refractivity contribution in [2.24, 2.45) is 0 Å². The summed E-state index contributed by atoms with van der Waals surface area (Å²) in [5, 5.41) is 3.54. The van der Waals surface area contributed by atoms with Crippen LogP contribution in [0.2, 0.25) is 0 Å². The van der Waals surface area contributed by atoms with Crippen molar-refractivity contribution >= 4 is 22.7 Å². The first-order valence-electron chi connectivity index (χ1n) is 11.0. The molecule has 2 aromatic heterocycles. The number of pyridine rings is 1. The van der Waals surface area contributed by atoms with Crippen molar-refractivity contribution in [1.29, 1.82) is 0 Å². The molecule has 1 N–H and O–H groups in total. The van der Waals surface area contributed by atoms with Gasteiger partial charge in [0.15, 0.2) is 5.65 Å². The summed E-state index contributed by atoms with van der Waals surface area (Å²) >= 11 is 0. The summed E-state index contributed by atoms with van der Waals surface area (Å²) in [6.07, 6.45) is -2.27. The zero-order chi connectivity index (χ0) is 24.7. The van der Waals surface area contributed by atoms with Crippen LogP contribution in [0.15, 0.2) is 59.5 Å². The Kier molecular flexibility index (Phi) is 5.68. The van der Waals surface area contributed by atoms with E-state index in [1.807, 2.05) is 19.2 Å². The van der Waals surface area contributed by atoms with Crippen molar-refractivity contribution in [3.05, 3.63) is 81.8 Å². The van der Waals surface area contributed by atoms with Crippen LogP contribution >= 0.6 is 0 Å². The minimum absolute atomic E-state index is 0.0587. The number of aromatic nitrogens is 3. The second kappa shape index (κ2) is 8.70. The fourth-order valence-corrected chi connectivity index (χ4v) is 4.34. The fraction of sp³-hybridized carbons (Fsp3) is 0.240. The van der Waals surface area contributed by atoms with Crippen molar-refractivity contribution in [3.8, 4) is 11.4 Å². The lowest BCUT2D eigenvalue weighted by Crippen LogP contribution is -2.26. The molecule has 5 rings (SSSR count). The Bertz CT molecular complexity index is 1480. The van der Waals surface area contributed by atoms with E-state index < -0.39 is 17.3 Å². The van der Waals surface area contributed by atoms with Crippen LogP contribution < -0.4 is 15.6 Å². The van der Waals surface area contributed by atoms with Gasteiger partial charge in [-0.05, 0) is 54.9 Å². The Balaban J connectivity index is 1.63. The van der Waals surface area contributed by atoms with Crippen LogP contribution in [0.3, 0.4) is 0 Å². The molecule has 3 heterocycles. The van der Waals surface area contributed by atoms with Crippen LogP contribution in [-0.4, -0.2) is 40.1 Å². The Labute approximate surface area is 198 Å². The van der Waals surface area contributed by atoms with Crippen LogP contribution in [0.5, 0.6) is 5.75 Å². The number of methoxy groups -OCH3 is 1. The smallest absolute Gasteiger partial charge is 0.418 e. The molecule has 0 aliphatic carbocycles. The molecule has 0 saturated carbocycles. The van der Waals surface area contributed by atoms with E-state index >= 15 is 0 Å². The van der Waals surface area contributed by atoms with Gasteiger partial charge in [-0.25, -0.2) is 4.98 Å². The number of anilines is 2. The standard InChI is InChI=1S/C25H22F3N5O2/c1-32-10-9-15-12-21(35-2)19(11-17(15)14-32)30-24-29-13-16-7-8-22(34)33(23(16)31-24)20-6-4-3-5-18(20)25(26,27)28/h3-8,11-13H,9-10,14H2,1-2H3,(H,29,30,31). The highest BCUT2D eigenvalue weighted by Gasteiger charge is 2.34. The van der Waals surface area contributed by atoms with Gasteiger partial charge in [-0.1, -0.05) is 12.1 Å². The van der Waals surface area contributed by atoms with E-state index in [4.69, 9.17) is 4.74 Å². The molecule has 0 saturated heterocycles. The van der Waals surface area contributed by atoms with Gasteiger partial charge in [0.25, 0.3) is 5.56 Å². The molecule has 0 atom stereocenters. The van der Waals surface area contributed by atoms with Crippen molar-refractivity contribution in [2.45, 2.75) is 19.1 Å². The average molecular weight is 481 g/mol. The molecular weight excluding hydrogens is 459 g/mol. The maximum atomic E-state index is 13.7. The van der Waals surface area contributed by atoms with Crippen LogP contribution in [0.25, 0.3) is 16.7 Å². The van der Waals surface area contributed by atoms with Crippen LogP contribution in [0.1, 0.15) is 16.7 Å². The largest absolute Gasteiger partial charge is 0.495 e. The fourth-order valence-electron chi connectivity index (χ4n) is 4.34. The highest BCUT2D eigenvalue weighted by Crippen LogP contribution is 2.35. The molecule has 0 amide bonds. The van der Waals surface area contributed by atoms with E-state index in [-0.39, 0.29) is 17.3 Å². The Morgan fingerprint density at radius 3 is 2.66 bits per heavy atom. The number of para-hydroxylation sites is 1. The van der Waals surface area contributed by atoms with E-state index in [9.17, 15) is 18.0 Å². The maximum absolute atomic E-state index is 13.7. The highest BCUT2D eigenvalue weighted by atomic mass is 19.4. The second-order valence-corrected chi connectivity index (χ2v) is 8.43. The van der Waals surface area contributed by atoms with Gasteiger partial charge in [-0.2, -0.15) is 18.2 Å². The van der Waals surface area contributed by atoms with Crippen LogP contribution in [0, 0.1) is 0 Å². The normalized spacial score (nSPS) is 14.1. The van der Waals surface area contributed by atoms with Gasteiger partial charge < -0.3 is 15.0 Å². The Hall–Kier alpha value is -3.92. The molecule has 0 bridgehead atoms. The molecule has 2 aromatic carbocycles. The molecule has 180 valence electrons. The predicted octanol–water partition coefficient (Wildman–Crippen LogP) is 4.54. The molecule has 0 spiro atoms. The number of fused-ring (bicyclic) bond motifs is 2. The zero-order valence-electron chi connectivity index (χ0n) is 19.1. The van der Waals surface area contributed by atoms with E-state index in [1.165, 1.54) is 42.1 Å². The van der Waals surface area contributed by atoms with E-state index in [2.05, 4.69) is 20.2 Å². The topological polar surface area (TPSA) is 72.3 Å². The number of likely N-dealkylation sites (N-methyl/N-ethyl adjacent to an activating group) is 1. The molecule has 0 fully saturated rings. The van der Waals surface area contributed by atoms with E-state index in [0.717, 1.165) is 35.7 Å². The lowest BCUT2D eigenvalue weighted by molar-refractivity contribution is -0.137. The van der Waals surface area contributed by atoms with Gasteiger partial charge in [0.1, 0.15) is 5.75 Å². The average Bonchev–Trinajstić information content (AvgIpc) is 2.83. The van der Waals surface area contributed by atoms with Gasteiger partial charge in [0.05, 0.1) is 24.0 Å². The van der Waals surface area contributed by atoms with Crippen LogP contribution in [-0.2, 0) is 19.1 Å². The molecular formula is C25H22F3N5O2. The second-order valence-electron chi connectivity index (χ2n) is 8.43. The number of benzene rings is 2. The minimum atomic E-state index is -4.64. The quantitative estimate of drug-likeness (QED) is 0.462. The minimum Gasteiger partial charge on any atom is -0.495 e. The van der Waals surface area contributed by atoms with Gasteiger partial charge in [-0.3, -0.25) is 9.36 Å². The van der Waals surface area contributed by atoms with Crippen molar-refractivity contribution < 1.29 is 17.9 Å². The highest BCUT2D eigenvalue weighted by molar-refractivity contribution is 5.78. The summed E-state index contributed by atoms with van der Waals surface area (Å²) in [5.41, 5.74) is 1.16. The SMILES string of the molecule is COc1cc2c(cc1Nc1ncc3ccc(=O)n(-c4ccccc4C(F)(F)F)c3n1)CN(C)CC2. The molecule has 1 aliphatic rings. The number of rotatable bonds is 4. The number of hydrogen-bond acceptors (Lipinski definition) is 6. The monoisotopic (exact) mass is 481 g/mol. The molecule has 0 unspecified atom stereocenters. The number of halogens is 3. The number of alkyl halides is 3. The number of hydrogen-bond donors (Lipinski definition) is 1. The molecule has 4 aromatic rings. The number of nitrogens with zero attached hydrogens (tertiary/aromatic N) is 4. The summed E-state index contributed by atoms with van der Waals surface area (Å²) in [7, 11) is 3.61. The first kappa shape index (κ1) is 22.9. The van der Waals surface area contributed by atoms with Gasteiger partial charge >= 0.3 is 6.18 Å². The first-order valence-corrected chi connectivity index (χ1v) is 11.0. The third-order valence-electron chi connectivity index (χ3n) is 6.06. The van der Waals surface area contributed by atoms with Gasteiger partial charge in [-0.15, -0.1) is 0 Å². The van der Waals surface area contributed by atoms with Crippen molar-refractivity contribution in [1.82, 2.24) is 19.4 Å². The summed E-state index contributed by atoms with van der Waals surface area (Å²) < 4.78 is 47.6. The zero-order valence-corrected chi connectivity index (χ0v) is 19.1. The van der Waals surface area contributed by atoms with Gasteiger partial charge in [0.2, 0.25) is 5.95 Å². The first-order chi connectivity index (χ1) is 16.7. The predicted molar refractivity (Wildman–Crippen MR) is 126 cm³/mol. The number of nitrogens with one attached hydrogen (secondary N) is 1. The Morgan fingerprint density at radius 2 is 1.89 bits per heavy atom. The molecule has 1 aliphatic heterocycles. The lowest BCUT2D eigenvalue weighted by atomic mass is 9.99. The summed E-state index contributed by atoms with van der Waals surface area (Å²) in [6, 6.07) is 11.6. The van der Waals surface area contributed by atoms with Crippen molar-refractivity contribution in [2.75, 3.05) is 26.0 Å². The van der Waals surface area contributed by atoms with E-state index in [1.54, 1.807) is 7.11 Å². The Morgan fingerprint density at radius 1 is 1.09 bits per heavy atom. The molecule has 0 radical (unpaired) electrons. The lowest BCUT2D eigenvalue weighted by Gasteiger charge is -2.26. The third-order valence-corrected chi connectivity index (χ3v) is 6.06. The van der Waals surface area contributed by atoms with Crippen molar-refractivity contribution in [3.63, 3.8) is 0 Å². The summed E-state index contributed by atoms with van der Waals surface area (Å²) in [5.74, 6) is 0.730. The number of ether oxygens (including phenoxy) is 1. The van der Waals surface area contributed by atoms with Crippen LogP contribution in [0.4, 0.5) is 24.8 Å². The molecule has 7 nitrogen and oxygen atoms in total.